The molecule has 1 heteroatoms. The molecule has 0 heterocycles. The van der Waals surface area contributed by atoms with Crippen molar-refractivity contribution in [1.29, 1.82) is 0 Å². The molecule has 0 spiro atoms. The zero-order valence-corrected chi connectivity index (χ0v) is 4.06. The summed E-state index contributed by atoms with van der Waals surface area (Å²) < 4.78 is 0. The number of ketones is 1. The topological polar surface area (TPSA) is 17.1 Å². The molecule has 6 heavy (non-hydrogen) atoms. The second kappa shape index (κ2) is 0.837. The molecule has 1 nitrogen and oxygen atoms in total. The Labute approximate surface area is 37.4 Å². The van der Waals surface area contributed by atoms with Crippen molar-refractivity contribution in [3.63, 3.8) is 0 Å². The molecule has 0 saturated heterocycles. The van der Waals surface area contributed by atoms with Crippen LogP contribution in [0.2, 0.25) is 0 Å². The summed E-state index contributed by atoms with van der Waals surface area (Å²) in [5.74, 6) is 1.19. The molecule has 0 bridgehead atoms. The summed E-state index contributed by atoms with van der Waals surface area (Å²) in [7, 11) is 0. The number of carbonyl (C=O) groups excluding carboxylic acids is 1. The molecule has 1 fully saturated rings. The SMILES string of the molecule is C[C@@H]1C(=O)[C@H]1C. The average molecular weight is 84.1 g/mol. The van der Waals surface area contributed by atoms with Crippen molar-refractivity contribution in [2.24, 2.45) is 11.8 Å². The standard InChI is InChI=1S/C5H8O/c1-3-4(2)5(3)6/h3-4H,1-2H3/t3-,4-/m0/s1. The van der Waals surface area contributed by atoms with Gasteiger partial charge in [0.1, 0.15) is 5.78 Å². The van der Waals surface area contributed by atoms with Crippen molar-refractivity contribution in [3.8, 4) is 0 Å². The fraction of sp³-hybridized carbons (Fsp3) is 0.800. The third-order valence-corrected chi connectivity index (χ3v) is 1.54. The van der Waals surface area contributed by atoms with E-state index in [-0.39, 0.29) is 0 Å². The summed E-state index contributed by atoms with van der Waals surface area (Å²) in [6.07, 6.45) is 0. The summed E-state index contributed by atoms with van der Waals surface area (Å²) in [5, 5.41) is 0. The Hall–Kier alpha value is -0.330. The first-order valence-electron chi connectivity index (χ1n) is 2.27. The van der Waals surface area contributed by atoms with Crippen LogP contribution < -0.4 is 0 Å². The Bertz CT molecular complexity index is 75.9. The Kier molecular flexibility index (Phi) is 0.536. The molecular formula is C5H8O. The molecule has 1 aliphatic rings. The zero-order chi connectivity index (χ0) is 4.73. The van der Waals surface area contributed by atoms with Crippen LogP contribution in [0.4, 0.5) is 0 Å². The molecule has 1 saturated carbocycles. The minimum absolute atomic E-state index is 0.380. The third-order valence-electron chi connectivity index (χ3n) is 1.54. The van der Waals surface area contributed by atoms with E-state index in [0.29, 0.717) is 17.6 Å². The molecule has 0 unspecified atom stereocenters. The second-order valence-electron chi connectivity index (χ2n) is 1.98. The van der Waals surface area contributed by atoms with Gasteiger partial charge in [0.25, 0.3) is 0 Å². The molecule has 0 N–H and O–H groups in total. The van der Waals surface area contributed by atoms with Crippen LogP contribution >= 0.6 is 0 Å². The summed E-state index contributed by atoms with van der Waals surface area (Å²) >= 11 is 0. The first-order chi connectivity index (χ1) is 2.73. The highest BCUT2D eigenvalue weighted by atomic mass is 16.1. The molecule has 34 valence electrons. The normalized spacial score (nSPS) is 43.3. The molecular weight excluding hydrogens is 76.1 g/mol. The quantitative estimate of drug-likeness (QED) is 0.425. The van der Waals surface area contributed by atoms with E-state index in [1.54, 1.807) is 0 Å². The van der Waals surface area contributed by atoms with Crippen LogP contribution in [0, 0.1) is 11.8 Å². The molecule has 0 amide bonds. The van der Waals surface area contributed by atoms with E-state index < -0.39 is 0 Å². The van der Waals surface area contributed by atoms with E-state index in [2.05, 4.69) is 0 Å². The van der Waals surface area contributed by atoms with Crippen LogP contribution in [-0.4, -0.2) is 5.78 Å². The van der Waals surface area contributed by atoms with Crippen LogP contribution in [0.5, 0.6) is 0 Å². The smallest absolute Gasteiger partial charge is 0.139 e. The lowest BCUT2D eigenvalue weighted by atomic mass is 10.4. The highest BCUT2D eigenvalue weighted by molar-refractivity contribution is 5.98. The van der Waals surface area contributed by atoms with E-state index in [0.717, 1.165) is 0 Å². The van der Waals surface area contributed by atoms with Crippen LogP contribution in [0.1, 0.15) is 13.8 Å². The van der Waals surface area contributed by atoms with Gasteiger partial charge in [-0.2, -0.15) is 0 Å². The Balaban J connectivity index is 2.51. The Morgan fingerprint density at radius 3 is 1.50 bits per heavy atom. The van der Waals surface area contributed by atoms with Crippen molar-refractivity contribution in [2.75, 3.05) is 0 Å². The van der Waals surface area contributed by atoms with Gasteiger partial charge in [-0.1, -0.05) is 13.8 Å². The van der Waals surface area contributed by atoms with E-state index in [1.807, 2.05) is 13.8 Å². The van der Waals surface area contributed by atoms with Gasteiger partial charge in [0.2, 0.25) is 0 Å². The summed E-state index contributed by atoms with van der Waals surface area (Å²) in [6, 6.07) is 0. The summed E-state index contributed by atoms with van der Waals surface area (Å²) in [6.45, 7) is 3.93. The number of carbonyl (C=O) groups is 1. The van der Waals surface area contributed by atoms with Gasteiger partial charge in [-0.05, 0) is 0 Å². The van der Waals surface area contributed by atoms with Crippen LogP contribution in [0.3, 0.4) is 0 Å². The van der Waals surface area contributed by atoms with Gasteiger partial charge in [0, 0.05) is 11.8 Å². The monoisotopic (exact) mass is 84.1 g/mol. The lowest BCUT2D eigenvalue weighted by molar-refractivity contribution is -0.111. The Morgan fingerprint density at radius 2 is 1.50 bits per heavy atom. The van der Waals surface area contributed by atoms with Gasteiger partial charge in [0.15, 0.2) is 0 Å². The number of rotatable bonds is 0. The number of Topliss-reactive ketones (excluding diaryl/α,β-unsaturated/α-hetero) is 1. The molecule has 0 aromatic carbocycles. The van der Waals surface area contributed by atoms with Gasteiger partial charge >= 0.3 is 0 Å². The molecule has 0 aromatic heterocycles. The van der Waals surface area contributed by atoms with Crippen LogP contribution in [0.15, 0.2) is 0 Å². The van der Waals surface area contributed by atoms with E-state index in [9.17, 15) is 4.79 Å². The number of hydrogen-bond acceptors (Lipinski definition) is 1. The van der Waals surface area contributed by atoms with Gasteiger partial charge in [-0.3, -0.25) is 4.79 Å². The van der Waals surface area contributed by atoms with Crippen molar-refractivity contribution in [1.82, 2.24) is 0 Å². The first kappa shape index (κ1) is 3.85. The van der Waals surface area contributed by atoms with E-state index in [1.165, 1.54) is 0 Å². The summed E-state index contributed by atoms with van der Waals surface area (Å²) in [4.78, 5) is 10.2. The highest BCUT2D eigenvalue weighted by Crippen LogP contribution is 2.31. The average Bonchev–Trinajstić information content (AvgIpc) is 1.94. The summed E-state index contributed by atoms with van der Waals surface area (Å²) in [5.41, 5.74) is 0. The number of hydrogen-bond donors (Lipinski definition) is 0. The minimum Gasteiger partial charge on any atom is -0.299 e. The largest absolute Gasteiger partial charge is 0.299 e. The molecule has 2 atom stereocenters. The predicted molar refractivity (Wildman–Crippen MR) is 23.3 cm³/mol. The van der Waals surface area contributed by atoms with Crippen molar-refractivity contribution in [3.05, 3.63) is 0 Å². The molecule has 1 rings (SSSR count). The van der Waals surface area contributed by atoms with Gasteiger partial charge in [-0.25, -0.2) is 0 Å². The minimum atomic E-state index is 0.380. The van der Waals surface area contributed by atoms with Crippen molar-refractivity contribution in [2.45, 2.75) is 13.8 Å². The Morgan fingerprint density at radius 1 is 1.33 bits per heavy atom. The van der Waals surface area contributed by atoms with Crippen LogP contribution in [-0.2, 0) is 4.79 Å². The fourth-order valence-electron chi connectivity index (χ4n) is 0.529. The molecule has 0 aliphatic heterocycles. The van der Waals surface area contributed by atoms with Gasteiger partial charge in [0.05, 0.1) is 0 Å². The second-order valence-corrected chi connectivity index (χ2v) is 1.98. The maximum absolute atomic E-state index is 10.2. The first-order valence-corrected chi connectivity index (χ1v) is 2.27. The molecule has 0 aromatic rings. The van der Waals surface area contributed by atoms with Crippen molar-refractivity contribution >= 4 is 5.78 Å². The predicted octanol–water partition coefficient (Wildman–Crippen LogP) is 0.841. The molecule has 0 radical (unpaired) electrons. The third kappa shape index (κ3) is 0.280. The van der Waals surface area contributed by atoms with E-state index in [4.69, 9.17) is 0 Å². The van der Waals surface area contributed by atoms with E-state index >= 15 is 0 Å². The maximum atomic E-state index is 10.2. The lowest BCUT2D eigenvalue weighted by Crippen LogP contribution is -1.61. The lowest BCUT2D eigenvalue weighted by Gasteiger charge is -1.62. The fourth-order valence-corrected chi connectivity index (χ4v) is 0.529. The highest BCUT2D eigenvalue weighted by Gasteiger charge is 2.40. The zero-order valence-electron chi connectivity index (χ0n) is 4.06. The van der Waals surface area contributed by atoms with Gasteiger partial charge < -0.3 is 0 Å². The van der Waals surface area contributed by atoms with Gasteiger partial charge in [-0.15, -0.1) is 0 Å². The maximum Gasteiger partial charge on any atom is 0.139 e. The van der Waals surface area contributed by atoms with Crippen LogP contribution in [0.25, 0.3) is 0 Å². The van der Waals surface area contributed by atoms with Crippen molar-refractivity contribution < 1.29 is 4.79 Å². The molecule has 1 aliphatic carbocycles.